The molecule has 0 fully saturated rings. The lowest BCUT2D eigenvalue weighted by Gasteiger charge is -1.94. The maximum Gasteiger partial charge on any atom is 0.181 e. The third-order valence-electron chi connectivity index (χ3n) is 1.45. The molecule has 2 rings (SSSR count). The van der Waals surface area contributed by atoms with Crippen LogP contribution in [0.3, 0.4) is 0 Å². The SMILES string of the molecule is CSc1nnc(Sc2ccc(Cl)cn2)s1. The first-order valence-corrected chi connectivity index (χ1v) is 7.18. The Kier molecular flexibility index (Phi) is 3.85. The molecule has 0 amide bonds. The van der Waals surface area contributed by atoms with Crippen molar-refractivity contribution in [3.05, 3.63) is 23.4 Å². The van der Waals surface area contributed by atoms with E-state index >= 15 is 0 Å². The van der Waals surface area contributed by atoms with Crippen LogP contribution in [0.15, 0.2) is 32.0 Å². The van der Waals surface area contributed by atoms with Crippen LogP contribution < -0.4 is 0 Å². The second-order valence-corrected chi connectivity index (χ2v) is 6.19. The molecule has 0 bridgehead atoms. The van der Waals surface area contributed by atoms with Crippen molar-refractivity contribution in [1.29, 1.82) is 0 Å². The van der Waals surface area contributed by atoms with E-state index in [0.29, 0.717) is 5.02 Å². The quantitative estimate of drug-likeness (QED) is 0.802. The van der Waals surface area contributed by atoms with Crippen molar-refractivity contribution in [3.63, 3.8) is 0 Å². The maximum absolute atomic E-state index is 5.74. The molecule has 0 aliphatic carbocycles. The van der Waals surface area contributed by atoms with E-state index in [2.05, 4.69) is 15.2 Å². The second-order valence-electron chi connectivity index (χ2n) is 2.45. The predicted octanol–water partition coefficient (Wildman–Crippen LogP) is 3.46. The van der Waals surface area contributed by atoms with Crippen molar-refractivity contribution < 1.29 is 0 Å². The number of pyridine rings is 1. The van der Waals surface area contributed by atoms with E-state index in [1.54, 1.807) is 29.3 Å². The average molecular weight is 276 g/mol. The summed E-state index contributed by atoms with van der Waals surface area (Å²) in [5.41, 5.74) is 0. The van der Waals surface area contributed by atoms with Gasteiger partial charge in [-0.15, -0.1) is 10.2 Å². The second kappa shape index (κ2) is 5.16. The number of halogens is 1. The summed E-state index contributed by atoms with van der Waals surface area (Å²) in [6.45, 7) is 0. The topological polar surface area (TPSA) is 38.7 Å². The van der Waals surface area contributed by atoms with Gasteiger partial charge in [-0.1, -0.05) is 34.7 Å². The van der Waals surface area contributed by atoms with Gasteiger partial charge >= 0.3 is 0 Å². The van der Waals surface area contributed by atoms with E-state index in [9.17, 15) is 0 Å². The Bertz CT molecular complexity index is 443. The molecule has 2 aromatic rings. The summed E-state index contributed by atoms with van der Waals surface area (Å²) < 4.78 is 1.86. The van der Waals surface area contributed by atoms with Gasteiger partial charge in [0.15, 0.2) is 8.68 Å². The molecule has 2 heterocycles. The lowest BCUT2D eigenvalue weighted by molar-refractivity contribution is 0.953. The summed E-state index contributed by atoms with van der Waals surface area (Å²) in [5, 5.41) is 9.57. The van der Waals surface area contributed by atoms with Crippen molar-refractivity contribution in [2.75, 3.05) is 6.26 Å². The number of hydrogen-bond donors (Lipinski definition) is 0. The van der Waals surface area contributed by atoms with Crippen LogP contribution in [0.4, 0.5) is 0 Å². The molecule has 0 radical (unpaired) electrons. The maximum atomic E-state index is 5.74. The Balaban J connectivity index is 2.11. The van der Waals surface area contributed by atoms with E-state index in [0.717, 1.165) is 13.7 Å². The molecule has 0 atom stereocenters. The van der Waals surface area contributed by atoms with Crippen LogP contribution in [0.25, 0.3) is 0 Å². The number of aromatic nitrogens is 3. The summed E-state index contributed by atoms with van der Waals surface area (Å²) in [6, 6.07) is 3.68. The van der Waals surface area contributed by atoms with Crippen LogP contribution in [0, 0.1) is 0 Å². The molecule has 7 heteroatoms. The van der Waals surface area contributed by atoms with Gasteiger partial charge in [0.1, 0.15) is 5.03 Å². The van der Waals surface area contributed by atoms with Crippen molar-refractivity contribution >= 4 is 46.5 Å². The molecule has 0 aromatic carbocycles. The van der Waals surface area contributed by atoms with Crippen molar-refractivity contribution in [2.45, 2.75) is 13.7 Å². The first-order chi connectivity index (χ1) is 7.28. The molecule has 0 unspecified atom stereocenters. The van der Waals surface area contributed by atoms with E-state index in [1.165, 1.54) is 11.8 Å². The highest BCUT2D eigenvalue weighted by Crippen LogP contribution is 2.31. The number of nitrogens with zero attached hydrogens (tertiary/aromatic N) is 3. The lowest BCUT2D eigenvalue weighted by atomic mass is 10.5. The Hall–Kier alpha value is -0.300. The summed E-state index contributed by atoms with van der Waals surface area (Å²) in [4.78, 5) is 4.17. The van der Waals surface area contributed by atoms with E-state index in [-0.39, 0.29) is 0 Å². The van der Waals surface area contributed by atoms with Gasteiger partial charge in [0.25, 0.3) is 0 Å². The van der Waals surface area contributed by atoms with Crippen LogP contribution in [0.5, 0.6) is 0 Å². The molecule has 0 spiro atoms. The normalized spacial score (nSPS) is 10.5. The minimum atomic E-state index is 0.640. The zero-order chi connectivity index (χ0) is 10.7. The van der Waals surface area contributed by atoms with Crippen LogP contribution in [0.1, 0.15) is 0 Å². The molecule has 0 saturated heterocycles. The Morgan fingerprint density at radius 3 is 2.67 bits per heavy atom. The van der Waals surface area contributed by atoms with Crippen molar-refractivity contribution in [1.82, 2.24) is 15.2 Å². The van der Waals surface area contributed by atoms with Gasteiger partial charge in [-0.05, 0) is 30.2 Å². The highest BCUT2D eigenvalue weighted by Gasteiger charge is 2.05. The van der Waals surface area contributed by atoms with Crippen LogP contribution in [0.2, 0.25) is 5.02 Å². The first kappa shape index (κ1) is 11.2. The predicted molar refractivity (Wildman–Crippen MR) is 65.1 cm³/mol. The van der Waals surface area contributed by atoms with Gasteiger partial charge in [-0.2, -0.15) is 0 Å². The van der Waals surface area contributed by atoms with Crippen LogP contribution in [-0.4, -0.2) is 21.4 Å². The van der Waals surface area contributed by atoms with Crippen molar-refractivity contribution in [3.8, 4) is 0 Å². The standard InChI is InChI=1S/C8H6ClN3S3/c1-13-7-11-12-8(15-7)14-6-3-2-5(9)4-10-6/h2-4H,1H3. The monoisotopic (exact) mass is 275 g/mol. The van der Waals surface area contributed by atoms with Crippen LogP contribution in [-0.2, 0) is 0 Å². The zero-order valence-electron chi connectivity index (χ0n) is 7.68. The summed E-state index contributed by atoms with van der Waals surface area (Å²) in [5.74, 6) is 0. The number of thioether (sulfide) groups is 1. The largest absolute Gasteiger partial charge is 0.248 e. The molecule has 2 aromatic heterocycles. The fraction of sp³-hybridized carbons (Fsp3) is 0.125. The Morgan fingerprint density at radius 2 is 2.07 bits per heavy atom. The highest BCUT2D eigenvalue weighted by atomic mass is 35.5. The molecule has 0 aliphatic heterocycles. The van der Waals surface area contributed by atoms with Gasteiger partial charge in [0.2, 0.25) is 0 Å². The molecule has 0 N–H and O–H groups in total. The smallest absolute Gasteiger partial charge is 0.181 e. The lowest BCUT2D eigenvalue weighted by Crippen LogP contribution is -1.78. The van der Waals surface area contributed by atoms with Gasteiger partial charge in [-0.3, -0.25) is 0 Å². The third-order valence-corrected chi connectivity index (χ3v) is 4.58. The minimum Gasteiger partial charge on any atom is -0.248 e. The summed E-state index contributed by atoms with van der Waals surface area (Å²) in [7, 11) is 0. The van der Waals surface area contributed by atoms with Gasteiger partial charge in [0.05, 0.1) is 5.02 Å². The molecule has 3 nitrogen and oxygen atoms in total. The van der Waals surface area contributed by atoms with Gasteiger partial charge < -0.3 is 0 Å². The first-order valence-electron chi connectivity index (χ1n) is 3.95. The minimum absolute atomic E-state index is 0.640. The fourth-order valence-electron chi connectivity index (χ4n) is 0.833. The third kappa shape index (κ3) is 3.07. The average Bonchev–Trinajstić information content (AvgIpc) is 2.69. The summed E-state index contributed by atoms with van der Waals surface area (Å²) in [6.07, 6.45) is 3.61. The fourth-order valence-corrected chi connectivity index (χ4v) is 3.27. The Labute approximate surface area is 105 Å². The van der Waals surface area contributed by atoms with E-state index in [1.807, 2.05) is 18.4 Å². The molecule has 78 valence electrons. The molecular formula is C8H6ClN3S3. The molecule has 0 aliphatic rings. The zero-order valence-corrected chi connectivity index (χ0v) is 10.9. The Morgan fingerprint density at radius 1 is 1.27 bits per heavy atom. The van der Waals surface area contributed by atoms with Crippen LogP contribution >= 0.6 is 46.5 Å². The van der Waals surface area contributed by atoms with Crippen molar-refractivity contribution in [2.24, 2.45) is 0 Å². The van der Waals surface area contributed by atoms with Gasteiger partial charge in [0, 0.05) is 6.20 Å². The van der Waals surface area contributed by atoms with Gasteiger partial charge in [-0.25, -0.2) is 4.98 Å². The molecular weight excluding hydrogens is 270 g/mol. The number of rotatable bonds is 3. The molecule has 15 heavy (non-hydrogen) atoms. The van der Waals surface area contributed by atoms with E-state index < -0.39 is 0 Å². The molecule has 0 saturated carbocycles. The van der Waals surface area contributed by atoms with E-state index in [4.69, 9.17) is 11.6 Å². The highest BCUT2D eigenvalue weighted by molar-refractivity contribution is 8.02. The summed E-state index contributed by atoms with van der Waals surface area (Å²) >= 11 is 10.4. The number of hydrogen-bond acceptors (Lipinski definition) is 6.